The van der Waals surface area contributed by atoms with Crippen LogP contribution < -0.4 is 5.32 Å². The van der Waals surface area contributed by atoms with Crippen molar-refractivity contribution in [2.75, 3.05) is 11.9 Å². The molecule has 1 aliphatic heterocycles. The van der Waals surface area contributed by atoms with Gasteiger partial charge in [0.25, 0.3) is 5.69 Å². The van der Waals surface area contributed by atoms with Gasteiger partial charge in [0.05, 0.1) is 10.8 Å². The standard InChI is InChI=1S/C16H21N3O4/c1-10-7-12(19(22)23)5-6-13(10)17-15(21)11-8-14(20)18(9-11)16(2,3)4/h5-7,11H,8-9H2,1-4H3,(H,17,21). The fraction of sp³-hybridized carbons (Fsp3) is 0.500. The summed E-state index contributed by atoms with van der Waals surface area (Å²) in [5, 5.41) is 13.5. The fourth-order valence-corrected chi connectivity index (χ4v) is 2.67. The van der Waals surface area contributed by atoms with E-state index in [-0.39, 0.29) is 29.5 Å². The zero-order valence-electron chi connectivity index (χ0n) is 13.8. The molecule has 1 aliphatic rings. The van der Waals surface area contributed by atoms with Crippen LogP contribution in [0.5, 0.6) is 0 Å². The van der Waals surface area contributed by atoms with Gasteiger partial charge in [0.15, 0.2) is 0 Å². The predicted octanol–water partition coefficient (Wildman–Crippen LogP) is 2.49. The highest BCUT2D eigenvalue weighted by Crippen LogP contribution is 2.28. The van der Waals surface area contributed by atoms with Gasteiger partial charge in [-0.05, 0) is 39.3 Å². The van der Waals surface area contributed by atoms with E-state index in [4.69, 9.17) is 0 Å². The number of nitro benzene ring substituents is 1. The quantitative estimate of drug-likeness (QED) is 0.684. The van der Waals surface area contributed by atoms with Crippen molar-refractivity contribution in [2.45, 2.75) is 39.7 Å². The Morgan fingerprint density at radius 3 is 2.52 bits per heavy atom. The molecule has 0 spiro atoms. The molecular formula is C16H21N3O4. The van der Waals surface area contributed by atoms with Crippen LogP contribution >= 0.6 is 0 Å². The Bertz CT molecular complexity index is 664. The first kappa shape index (κ1) is 16.9. The molecule has 7 nitrogen and oxygen atoms in total. The van der Waals surface area contributed by atoms with Gasteiger partial charge in [0, 0.05) is 36.3 Å². The molecule has 1 aromatic carbocycles. The average molecular weight is 319 g/mol. The van der Waals surface area contributed by atoms with E-state index < -0.39 is 10.8 Å². The summed E-state index contributed by atoms with van der Waals surface area (Å²) in [6, 6.07) is 4.28. The Morgan fingerprint density at radius 2 is 2.04 bits per heavy atom. The highest BCUT2D eigenvalue weighted by Gasteiger charge is 2.39. The zero-order valence-corrected chi connectivity index (χ0v) is 13.8. The number of aryl methyl sites for hydroxylation is 1. The van der Waals surface area contributed by atoms with Crippen LogP contribution in [0.25, 0.3) is 0 Å². The lowest BCUT2D eigenvalue weighted by Gasteiger charge is -2.31. The first-order valence-electron chi connectivity index (χ1n) is 7.46. The second-order valence-corrected chi connectivity index (χ2v) is 6.82. The summed E-state index contributed by atoms with van der Waals surface area (Å²) in [5.41, 5.74) is 0.817. The van der Waals surface area contributed by atoms with Gasteiger partial charge in [0.2, 0.25) is 11.8 Å². The van der Waals surface area contributed by atoms with Crippen LogP contribution in [-0.2, 0) is 9.59 Å². The molecule has 1 aromatic rings. The molecule has 0 radical (unpaired) electrons. The number of nitrogens with zero attached hydrogens (tertiary/aromatic N) is 2. The van der Waals surface area contributed by atoms with E-state index in [1.807, 2.05) is 20.8 Å². The Hall–Kier alpha value is -2.44. The molecule has 124 valence electrons. The SMILES string of the molecule is Cc1cc([N+](=O)[O-])ccc1NC(=O)C1CC(=O)N(C(C)(C)C)C1. The molecule has 0 saturated carbocycles. The molecule has 1 unspecified atom stereocenters. The number of nitrogens with one attached hydrogen (secondary N) is 1. The van der Waals surface area contributed by atoms with Crippen molar-refractivity contribution in [1.82, 2.24) is 4.90 Å². The van der Waals surface area contributed by atoms with Crippen molar-refractivity contribution >= 4 is 23.2 Å². The minimum absolute atomic E-state index is 0.0181. The molecular weight excluding hydrogens is 298 g/mol. The molecule has 0 aromatic heterocycles. The molecule has 1 N–H and O–H groups in total. The Kier molecular flexibility index (Phi) is 4.40. The highest BCUT2D eigenvalue weighted by atomic mass is 16.6. The lowest BCUT2D eigenvalue weighted by atomic mass is 10.1. The number of hydrogen-bond donors (Lipinski definition) is 1. The van der Waals surface area contributed by atoms with Gasteiger partial charge in [-0.15, -0.1) is 0 Å². The topological polar surface area (TPSA) is 92.5 Å². The summed E-state index contributed by atoms with van der Waals surface area (Å²) < 4.78 is 0. The normalized spacial score (nSPS) is 18.2. The van der Waals surface area contributed by atoms with Crippen LogP contribution in [-0.4, -0.2) is 33.7 Å². The van der Waals surface area contributed by atoms with Crippen molar-refractivity contribution in [3.05, 3.63) is 33.9 Å². The van der Waals surface area contributed by atoms with Gasteiger partial charge >= 0.3 is 0 Å². The maximum absolute atomic E-state index is 12.4. The van der Waals surface area contributed by atoms with Gasteiger partial charge < -0.3 is 10.2 Å². The number of hydrogen-bond acceptors (Lipinski definition) is 4. The van der Waals surface area contributed by atoms with Gasteiger partial charge in [-0.1, -0.05) is 0 Å². The van der Waals surface area contributed by atoms with E-state index in [0.29, 0.717) is 17.8 Å². The third kappa shape index (κ3) is 3.67. The molecule has 7 heteroatoms. The summed E-state index contributed by atoms with van der Waals surface area (Å²) in [5.74, 6) is -0.670. The third-order valence-corrected chi connectivity index (χ3v) is 3.98. The Labute approximate surface area is 134 Å². The van der Waals surface area contributed by atoms with Crippen molar-refractivity contribution in [3.8, 4) is 0 Å². The highest BCUT2D eigenvalue weighted by molar-refractivity contribution is 5.97. The van der Waals surface area contributed by atoms with E-state index in [2.05, 4.69) is 5.32 Å². The summed E-state index contributed by atoms with van der Waals surface area (Å²) in [7, 11) is 0. The third-order valence-electron chi connectivity index (χ3n) is 3.98. The number of benzene rings is 1. The van der Waals surface area contributed by atoms with Gasteiger partial charge in [-0.3, -0.25) is 19.7 Å². The molecule has 1 heterocycles. The second kappa shape index (κ2) is 5.98. The number of carbonyl (C=O) groups is 2. The average Bonchev–Trinajstić information content (AvgIpc) is 2.83. The van der Waals surface area contributed by atoms with Crippen LogP contribution in [0.1, 0.15) is 32.8 Å². The second-order valence-electron chi connectivity index (χ2n) is 6.82. The number of non-ortho nitro benzene ring substituents is 1. The first-order chi connectivity index (χ1) is 10.6. The van der Waals surface area contributed by atoms with Gasteiger partial charge in [0.1, 0.15) is 0 Å². The minimum Gasteiger partial charge on any atom is -0.337 e. The number of carbonyl (C=O) groups excluding carboxylic acids is 2. The lowest BCUT2D eigenvalue weighted by molar-refractivity contribution is -0.384. The maximum atomic E-state index is 12.4. The molecule has 0 bridgehead atoms. The molecule has 1 saturated heterocycles. The Morgan fingerprint density at radius 1 is 1.39 bits per heavy atom. The number of nitro groups is 1. The fourth-order valence-electron chi connectivity index (χ4n) is 2.67. The van der Waals surface area contributed by atoms with Crippen molar-refractivity contribution in [1.29, 1.82) is 0 Å². The summed E-state index contributed by atoms with van der Waals surface area (Å²) >= 11 is 0. The van der Waals surface area contributed by atoms with E-state index in [1.54, 1.807) is 11.8 Å². The van der Waals surface area contributed by atoms with Gasteiger partial charge in [-0.25, -0.2) is 0 Å². The molecule has 2 amide bonds. The summed E-state index contributed by atoms with van der Waals surface area (Å²) in [4.78, 5) is 36.4. The van der Waals surface area contributed by atoms with Crippen molar-refractivity contribution < 1.29 is 14.5 Å². The maximum Gasteiger partial charge on any atom is 0.269 e. The number of likely N-dealkylation sites (tertiary alicyclic amines) is 1. The molecule has 0 aliphatic carbocycles. The number of amides is 2. The predicted molar refractivity (Wildman–Crippen MR) is 86.0 cm³/mol. The molecule has 23 heavy (non-hydrogen) atoms. The Balaban J connectivity index is 2.09. The van der Waals surface area contributed by atoms with E-state index in [0.717, 1.165) is 0 Å². The zero-order chi connectivity index (χ0) is 17.4. The summed E-state index contributed by atoms with van der Waals surface area (Å²) in [6.45, 7) is 7.90. The van der Waals surface area contributed by atoms with Crippen LogP contribution in [0, 0.1) is 23.0 Å². The molecule has 2 rings (SSSR count). The van der Waals surface area contributed by atoms with Crippen molar-refractivity contribution in [3.63, 3.8) is 0 Å². The summed E-state index contributed by atoms with van der Waals surface area (Å²) in [6.07, 6.45) is 0.190. The van der Waals surface area contributed by atoms with Crippen LogP contribution in [0.3, 0.4) is 0 Å². The molecule has 1 atom stereocenters. The first-order valence-corrected chi connectivity index (χ1v) is 7.46. The minimum atomic E-state index is -0.477. The lowest BCUT2D eigenvalue weighted by Crippen LogP contribution is -2.42. The van der Waals surface area contributed by atoms with E-state index in [9.17, 15) is 19.7 Å². The largest absolute Gasteiger partial charge is 0.337 e. The van der Waals surface area contributed by atoms with Crippen LogP contribution in [0.2, 0.25) is 0 Å². The van der Waals surface area contributed by atoms with Crippen LogP contribution in [0.15, 0.2) is 18.2 Å². The van der Waals surface area contributed by atoms with Crippen LogP contribution in [0.4, 0.5) is 11.4 Å². The molecule has 1 fully saturated rings. The van der Waals surface area contributed by atoms with E-state index in [1.165, 1.54) is 18.2 Å². The number of rotatable bonds is 3. The van der Waals surface area contributed by atoms with Crippen molar-refractivity contribution in [2.24, 2.45) is 5.92 Å². The smallest absolute Gasteiger partial charge is 0.269 e. The van der Waals surface area contributed by atoms with Gasteiger partial charge in [-0.2, -0.15) is 0 Å². The monoisotopic (exact) mass is 319 g/mol. The number of anilines is 1. The van der Waals surface area contributed by atoms with E-state index >= 15 is 0 Å².